The molecule has 3 N–H and O–H groups in total. The number of nitrogens with zero attached hydrogens (tertiary/aromatic N) is 4. The number of nitrogens with one attached hydrogen (secondary N) is 1. The monoisotopic (exact) mass is 274 g/mol. The number of rotatable bonds is 5. The van der Waals surface area contributed by atoms with Gasteiger partial charge in [-0.1, -0.05) is 6.92 Å². The molecule has 0 aliphatic rings. The number of pyridine rings is 1. The van der Waals surface area contributed by atoms with Crippen LogP contribution in [0.25, 0.3) is 0 Å². The van der Waals surface area contributed by atoms with E-state index < -0.39 is 0 Å². The van der Waals surface area contributed by atoms with E-state index in [4.69, 9.17) is 5.73 Å². The average Bonchev–Trinajstić information content (AvgIpc) is 2.83. The number of carbonyl (C=O) groups excluding carboxylic acids is 1. The standard InChI is InChI=1S/C13H18N6O/c1-3-10-6-9(7-11(14)17-10)13(20)15-5-4-12-16-8-19(2)18-12/h6-8H,3-5H2,1-2H3,(H2,14,17)(H,15,20). The van der Waals surface area contributed by atoms with Gasteiger partial charge in [0.2, 0.25) is 0 Å². The lowest BCUT2D eigenvalue weighted by Crippen LogP contribution is -2.26. The molecule has 0 saturated carbocycles. The Morgan fingerprint density at radius 3 is 2.90 bits per heavy atom. The van der Waals surface area contributed by atoms with Crippen LogP contribution in [0.15, 0.2) is 18.5 Å². The van der Waals surface area contributed by atoms with E-state index in [0.717, 1.165) is 12.1 Å². The summed E-state index contributed by atoms with van der Waals surface area (Å²) in [6.07, 6.45) is 2.96. The Morgan fingerprint density at radius 2 is 2.25 bits per heavy atom. The first-order chi connectivity index (χ1) is 9.58. The highest BCUT2D eigenvalue weighted by Crippen LogP contribution is 2.08. The Balaban J connectivity index is 1.93. The molecule has 0 aliphatic carbocycles. The molecule has 0 aromatic carbocycles. The molecule has 0 aliphatic heterocycles. The molecule has 1 amide bonds. The summed E-state index contributed by atoms with van der Waals surface area (Å²) >= 11 is 0. The summed E-state index contributed by atoms with van der Waals surface area (Å²) < 4.78 is 1.63. The maximum Gasteiger partial charge on any atom is 0.251 e. The fraction of sp³-hybridized carbons (Fsp3) is 0.385. The molecule has 7 nitrogen and oxygen atoms in total. The van der Waals surface area contributed by atoms with Crippen LogP contribution in [0.3, 0.4) is 0 Å². The molecule has 0 unspecified atom stereocenters. The number of amides is 1. The van der Waals surface area contributed by atoms with Crippen molar-refractivity contribution in [3.05, 3.63) is 35.5 Å². The molecule has 2 heterocycles. The summed E-state index contributed by atoms with van der Waals surface area (Å²) in [4.78, 5) is 20.3. The maximum atomic E-state index is 12.0. The molecule has 7 heteroatoms. The smallest absolute Gasteiger partial charge is 0.251 e. The lowest BCUT2D eigenvalue weighted by molar-refractivity contribution is 0.0954. The number of hydrogen-bond acceptors (Lipinski definition) is 5. The largest absolute Gasteiger partial charge is 0.384 e. The zero-order chi connectivity index (χ0) is 14.5. The topological polar surface area (TPSA) is 98.7 Å². The van der Waals surface area contributed by atoms with Gasteiger partial charge in [-0.15, -0.1) is 0 Å². The first-order valence-corrected chi connectivity index (χ1v) is 6.47. The SMILES string of the molecule is CCc1cc(C(=O)NCCc2ncn(C)n2)cc(N)n1. The molecule has 0 atom stereocenters. The Hall–Kier alpha value is -2.44. The van der Waals surface area contributed by atoms with Gasteiger partial charge in [-0.3, -0.25) is 9.48 Å². The minimum Gasteiger partial charge on any atom is -0.384 e. The Bertz CT molecular complexity index is 607. The van der Waals surface area contributed by atoms with E-state index in [-0.39, 0.29) is 5.91 Å². The lowest BCUT2D eigenvalue weighted by Gasteiger charge is -2.06. The quantitative estimate of drug-likeness (QED) is 0.818. The molecule has 106 valence electrons. The number of anilines is 1. The van der Waals surface area contributed by atoms with Crippen molar-refractivity contribution in [2.24, 2.45) is 7.05 Å². The lowest BCUT2D eigenvalue weighted by atomic mass is 10.2. The number of nitrogen functional groups attached to an aromatic ring is 1. The molecule has 0 radical (unpaired) electrons. The minimum atomic E-state index is -0.162. The van der Waals surface area contributed by atoms with E-state index >= 15 is 0 Å². The van der Waals surface area contributed by atoms with Crippen LogP contribution in [-0.4, -0.2) is 32.2 Å². The Morgan fingerprint density at radius 1 is 1.45 bits per heavy atom. The van der Waals surface area contributed by atoms with Gasteiger partial charge in [-0.25, -0.2) is 9.97 Å². The summed E-state index contributed by atoms with van der Waals surface area (Å²) in [5.74, 6) is 0.905. The van der Waals surface area contributed by atoms with E-state index in [1.807, 2.05) is 6.92 Å². The molecule has 2 aromatic heterocycles. The van der Waals surface area contributed by atoms with Gasteiger partial charge in [-0.2, -0.15) is 5.10 Å². The summed E-state index contributed by atoms with van der Waals surface area (Å²) in [5, 5.41) is 6.97. The minimum absolute atomic E-state index is 0.162. The van der Waals surface area contributed by atoms with Crippen molar-refractivity contribution < 1.29 is 4.79 Å². The molecule has 20 heavy (non-hydrogen) atoms. The van der Waals surface area contributed by atoms with E-state index in [0.29, 0.717) is 30.2 Å². The summed E-state index contributed by atoms with van der Waals surface area (Å²) in [7, 11) is 1.81. The van der Waals surface area contributed by atoms with Gasteiger partial charge in [0.1, 0.15) is 12.1 Å². The number of aromatic nitrogens is 4. The highest BCUT2D eigenvalue weighted by Gasteiger charge is 2.08. The van der Waals surface area contributed by atoms with E-state index in [9.17, 15) is 4.79 Å². The third kappa shape index (κ3) is 3.53. The van der Waals surface area contributed by atoms with Gasteiger partial charge in [0.25, 0.3) is 5.91 Å². The van der Waals surface area contributed by atoms with Gasteiger partial charge >= 0.3 is 0 Å². The second-order valence-corrected chi connectivity index (χ2v) is 4.47. The third-order valence-corrected chi connectivity index (χ3v) is 2.80. The van der Waals surface area contributed by atoms with E-state index in [1.165, 1.54) is 0 Å². The fourth-order valence-electron chi connectivity index (χ4n) is 1.81. The summed E-state index contributed by atoms with van der Waals surface area (Å²) in [5.41, 5.74) is 7.02. The zero-order valence-corrected chi connectivity index (χ0v) is 11.6. The van der Waals surface area contributed by atoms with Gasteiger partial charge in [0.05, 0.1) is 0 Å². The van der Waals surface area contributed by atoms with Crippen molar-refractivity contribution in [3.63, 3.8) is 0 Å². The highest BCUT2D eigenvalue weighted by atomic mass is 16.1. The predicted octanol–water partition coefficient (Wildman–Crippen LogP) is 0.327. The van der Waals surface area contributed by atoms with Crippen LogP contribution in [-0.2, 0) is 19.9 Å². The van der Waals surface area contributed by atoms with Crippen LogP contribution in [0, 0.1) is 0 Å². The molecule has 0 bridgehead atoms. The van der Waals surface area contributed by atoms with Crippen LogP contribution >= 0.6 is 0 Å². The van der Waals surface area contributed by atoms with E-state index in [1.54, 1.807) is 30.2 Å². The van der Waals surface area contributed by atoms with Crippen LogP contribution in [0.5, 0.6) is 0 Å². The van der Waals surface area contributed by atoms with Crippen molar-refractivity contribution in [3.8, 4) is 0 Å². The van der Waals surface area contributed by atoms with Crippen LogP contribution < -0.4 is 11.1 Å². The molecule has 2 aromatic rings. The van der Waals surface area contributed by atoms with Gasteiger partial charge in [-0.05, 0) is 18.6 Å². The average molecular weight is 274 g/mol. The second kappa shape index (κ2) is 6.14. The molecule has 0 saturated heterocycles. The molecule has 0 spiro atoms. The number of nitrogens with two attached hydrogens (primary N) is 1. The Kier molecular flexibility index (Phi) is 4.29. The van der Waals surface area contributed by atoms with Crippen LogP contribution in [0.2, 0.25) is 0 Å². The molecule has 2 rings (SSSR count). The zero-order valence-electron chi connectivity index (χ0n) is 11.6. The van der Waals surface area contributed by atoms with Gasteiger partial charge < -0.3 is 11.1 Å². The fourth-order valence-corrected chi connectivity index (χ4v) is 1.81. The van der Waals surface area contributed by atoms with Crippen LogP contribution in [0.4, 0.5) is 5.82 Å². The van der Waals surface area contributed by atoms with Gasteiger partial charge in [0.15, 0.2) is 5.82 Å². The molecular formula is C13H18N6O. The number of hydrogen-bond donors (Lipinski definition) is 2. The normalized spacial score (nSPS) is 10.5. The number of carbonyl (C=O) groups is 1. The van der Waals surface area contributed by atoms with Crippen molar-refractivity contribution in [1.29, 1.82) is 0 Å². The van der Waals surface area contributed by atoms with Crippen molar-refractivity contribution in [2.45, 2.75) is 19.8 Å². The first kappa shape index (κ1) is 14.0. The summed E-state index contributed by atoms with van der Waals surface area (Å²) in [6.45, 7) is 2.45. The highest BCUT2D eigenvalue weighted by molar-refractivity contribution is 5.94. The van der Waals surface area contributed by atoms with Gasteiger partial charge in [0, 0.05) is 31.3 Å². The second-order valence-electron chi connectivity index (χ2n) is 4.47. The summed E-state index contributed by atoms with van der Waals surface area (Å²) in [6, 6.07) is 3.33. The maximum absolute atomic E-state index is 12.0. The van der Waals surface area contributed by atoms with E-state index in [2.05, 4.69) is 20.4 Å². The van der Waals surface area contributed by atoms with Crippen molar-refractivity contribution in [1.82, 2.24) is 25.1 Å². The predicted molar refractivity (Wildman–Crippen MR) is 75.1 cm³/mol. The van der Waals surface area contributed by atoms with Crippen LogP contribution in [0.1, 0.15) is 28.8 Å². The van der Waals surface area contributed by atoms with Crippen molar-refractivity contribution >= 4 is 11.7 Å². The Labute approximate surface area is 117 Å². The third-order valence-electron chi connectivity index (χ3n) is 2.80. The molecular weight excluding hydrogens is 256 g/mol. The number of aryl methyl sites for hydroxylation is 2. The van der Waals surface area contributed by atoms with Crippen molar-refractivity contribution in [2.75, 3.05) is 12.3 Å². The molecule has 0 fully saturated rings. The first-order valence-electron chi connectivity index (χ1n) is 6.47.